The predicted molar refractivity (Wildman–Crippen MR) is 156 cm³/mol. The Morgan fingerprint density at radius 3 is 1.85 bits per heavy atom. The van der Waals surface area contributed by atoms with Crippen molar-refractivity contribution in [2.45, 2.75) is 52.6 Å². The van der Waals surface area contributed by atoms with Gasteiger partial charge in [0.2, 0.25) is 0 Å². The van der Waals surface area contributed by atoms with Crippen molar-refractivity contribution < 1.29 is 30.0 Å². The van der Waals surface area contributed by atoms with E-state index < -0.39 is 55.3 Å². The van der Waals surface area contributed by atoms with E-state index in [1.807, 2.05) is 0 Å². The van der Waals surface area contributed by atoms with E-state index in [-0.39, 0.29) is 23.0 Å². The summed E-state index contributed by atoms with van der Waals surface area (Å²) in [6.45, 7) is 0.891. The van der Waals surface area contributed by atoms with Gasteiger partial charge in [-0.05, 0) is 84.8 Å². The Kier molecular flexibility index (Phi) is 10.6. The van der Waals surface area contributed by atoms with Crippen molar-refractivity contribution in [1.29, 1.82) is 0 Å². The van der Waals surface area contributed by atoms with Crippen LogP contribution in [0.1, 0.15) is 42.7 Å². The number of sulfone groups is 1. The van der Waals surface area contributed by atoms with Gasteiger partial charge in [-0.3, -0.25) is 13.3 Å². The summed E-state index contributed by atoms with van der Waals surface area (Å²) in [5.74, 6) is -1.98. The molecule has 0 aliphatic carbocycles. The lowest BCUT2D eigenvalue weighted by atomic mass is 9.87. The lowest BCUT2D eigenvalue weighted by Crippen LogP contribution is -2.40. The number of piperidine rings is 1. The molecular formula is C30H34F3NO4S3. The van der Waals surface area contributed by atoms with Gasteiger partial charge in [0.15, 0.2) is 16.1 Å². The summed E-state index contributed by atoms with van der Waals surface area (Å²) < 4.78 is 92.9. The molecule has 3 aromatic rings. The zero-order valence-corrected chi connectivity index (χ0v) is 25.4. The minimum Gasteiger partial charge on any atom is -0.274 e. The Morgan fingerprint density at radius 1 is 0.829 bits per heavy atom. The highest BCUT2D eigenvalue weighted by molar-refractivity contribution is 7.91. The molecule has 3 aromatic carbocycles. The quantitative estimate of drug-likeness (QED) is 0.251. The van der Waals surface area contributed by atoms with Gasteiger partial charge >= 0.3 is 0 Å². The molecule has 1 fully saturated rings. The standard InChI is InChI=1S/C30H34F3NO4S3/c1-39(35)26-5-3-22(4-6-26)29(23-17-24(31)19-25(32)18-23)20-30(33)34-14-11-21(12-15-34)13-16-41(37,38)28-9-7-27(8-10-28)40(2)36/h3-10,17-19,21,29-30H,11-16,20H2,1-2H3. The second kappa shape index (κ2) is 13.8. The van der Waals surface area contributed by atoms with Crippen molar-refractivity contribution >= 4 is 31.4 Å². The molecule has 222 valence electrons. The van der Waals surface area contributed by atoms with Gasteiger partial charge in [-0.25, -0.2) is 21.6 Å². The van der Waals surface area contributed by atoms with Crippen LogP contribution in [0.2, 0.25) is 0 Å². The van der Waals surface area contributed by atoms with E-state index in [1.165, 1.54) is 30.5 Å². The molecule has 1 aliphatic rings. The van der Waals surface area contributed by atoms with Crippen LogP contribution in [-0.4, -0.2) is 59.4 Å². The zero-order valence-electron chi connectivity index (χ0n) is 23.0. The summed E-state index contributed by atoms with van der Waals surface area (Å²) in [6, 6.07) is 16.1. The molecule has 4 unspecified atom stereocenters. The molecule has 0 aromatic heterocycles. The molecule has 1 saturated heterocycles. The Hall–Kier alpha value is -2.34. The Bertz CT molecular complexity index is 1470. The molecule has 0 saturated carbocycles. The van der Waals surface area contributed by atoms with Crippen LogP contribution in [0.25, 0.3) is 0 Å². The molecule has 41 heavy (non-hydrogen) atoms. The number of hydrogen-bond acceptors (Lipinski definition) is 5. The van der Waals surface area contributed by atoms with Crippen molar-refractivity contribution in [3.63, 3.8) is 0 Å². The van der Waals surface area contributed by atoms with E-state index in [4.69, 9.17) is 0 Å². The summed E-state index contributed by atoms with van der Waals surface area (Å²) in [7, 11) is -5.87. The molecule has 0 amide bonds. The molecule has 4 rings (SSSR count). The molecule has 11 heteroatoms. The zero-order chi connectivity index (χ0) is 29.7. The maximum absolute atomic E-state index is 15.7. The van der Waals surface area contributed by atoms with Gasteiger partial charge < -0.3 is 0 Å². The molecule has 1 aliphatic heterocycles. The SMILES string of the molecule is CS(=O)c1ccc(C(CC(F)N2CCC(CCS(=O)(=O)c3ccc(S(C)=O)cc3)CC2)c2cc(F)cc(F)c2)cc1. The number of alkyl halides is 1. The number of rotatable bonds is 11. The fourth-order valence-electron chi connectivity index (χ4n) is 5.28. The third-order valence-corrected chi connectivity index (χ3v) is 11.3. The van der Waals surface area contributed by atoms with Crippen LogP contribution < -0.4 is 0 Å². The van der Waals surface area contributed by atoms with Gasteiger partial charge in [-0.15, -0.1) is 0 Å². The fourth-order valence-corrected chi connectivity index (χ4v) is 7.75. The number of benzene rings is 3. The van der Waals surface area contributed by atoms with Gasteiger partial charge in [0.25, 0.3) is 0 Å². The second-order valence-corrected chi connectivity index (χ2v) is 15.3. The van der Waals surface area contributed by atoms with Crippen LogP contribution in [0.4, 0.5) is 13.2 Å². The highest BCUT2D eigenvalue weighted by Crippen LogP contribution is 2.34. The van der Waals surface area contributed by atoms with E-state index in [1.54, 1.807) is 47.6 Å². The van der Waals surface area contributed by atoms with Crippen LogP contribution in [-0.2, 0) is 31.4 Å². The molecule has 5 nitrogen and oxygen atoms in total. The van der Waals surface area contributed by atoms with Gasteiger partial charge in [-0.2, -0.15) is 0 Å². The topological polar surface area (TPSA) is 71.5 Å². The van der Waals surface area contributed by atoms with Crippen molar-refractivity contribution in [3.8, 4) is 0 Å². The summed E-state index contributed by atoms with van der Waals surface area (Å²) in [6.07, 6.45) is 3.44. The fraction of sp³-hybridized carbons (Fsp3) is 0.400. The Labute approximate surface area is 245 Å². The molecule has 4 atom stereocenters. The highest BCUT2D eigenvalue weighted by atomic mass is 32.2. The summed E-state index contributed by atoms with van der Waals surface area (Å²) in [4.78, 5) is 3.07. The van der Waals surface area contributed by atoms with Crippen molar-refractivity contribution in [2.24, 2.45) is 5.92 Å². The number of nitrogens with zero attached hydrogens (tertiary/aromatic N) is 1. The second-order valence-electron chi connectivity index (χ2n) is 10.5. The lowest BCUT2D eigenvalue weighted by molar-refractivity contribution is 0.0394. The van der Waals surface area contributed by atoms with Crippen LogP contribution in [0.15, 0.2) is 81.4 Å². The first-order valence-corrected chi connectivity index (χ1v) is 18.1. The Balaban J connectivity index is 1.38. The first-order valence-electron chi connectivity index (χ1n) is 13.4. The van der Waals surface area contributed by atoms with Gasteiger partial charge in [0.1, 0.15) is 11.6 Å². The monoisotopic (exact) mass is 625 g/mol. The van der Waals surface area contributed by atoms with E-state index in [0.717, 1.165) is 6.07 Å². The van der Waals surface area contributed by atoms with Gasteiger partial charge in [-0.1, -0.05) is 12.1 Å². The average Bonchev–Trinajstić information content (AvgIpc) is 2.94. The molecule has 0 spiro atoms. The smallest absolute Gasteiger partial charge is 0.178 e. The number of hydrogen-bond donors (Lipinski definition) is 0. The average molecular weight is 626 g/mol. The largest absolute Gasteiger partial charge is 0.274 e. The molecule has 0 radical (unpaired) electrons. The maximum Gasteiger partial charge on any atom is 0.178 e. The predicted octanol–water partition coefficient (Wildman–Crippen LogP) is 5.83. The van der Waals surface area contributed by atoms with Crippen LogP contribution >= 0.6 is 0 Å². The van der Waals surface area contributed by atoms with Crippen LogP contribution in [0.5, 0.6) is 0 Å². The van der Waals surface area contributed by atoms with Crippen LogP contribution in [0, 0.1) is 17.6 Å². The normalized spacial score (nSPS) is 18.1. The molecular weight excluding hydrogens is 592 g/mol. The van der Waals surface area contributed by atoms with Crippen molar-refractivity contribution in [1.82, 2.24) is 4.90 Å². The van der Waals surface area contributed by atoms with E-state index in [2.05, 4.69) is 0 Å². The van der Waals surface area contributed by atoms with Gasteiger partial charge in [0.05, 0.1) is 10.6 Å². The van der Waals surface area contributed by atoms with Gasteiger partial charge in [0, 0.05) is 75.4 Å². The third-order valence-electron chi connectivity index (χ3n) is 7.69. The Morgan fingerprint density at radius 2 is 1.34 bits per heavy atom. The summed E-state index contributed by atoms with van der Waals surface area (Å²) >= 11 is 0. The van der Waals surface area contributed by atoms with E-state index in [0.29, 0.717) is 53.3 Å². The minimum atomic E-state index is -3.49. The van der Waals surface area contributed by atoms with Crippen molar-refractivity contribution in [3.05, 3.63) is 89.5 Å². The highest BCUT2D eigenvalue weighted by Gasteiger charge is 2.29. The van der Waals surface area contributed by atoms with E-state index in [9.17, 15) is 25.6 Å². The molecule has 0 N–H and O–H groups in total. The third kappa shape index (κ3) is 8.37. The van der Waals surface area contributed by atoms with Crippen LogP contribution in [0.3, 0.4) is 0 Å². The number of likely N-dealkylation sites (tertiary alicyclic amines) is 1. The summed E-state index contributed by atoms with van der Waals surface area (Å²) in [5, 5.41) is 0. The number of halogens is 3. The van der Waals surface area contributed by atoms with Crippen molar-refractivity contribution in [2.75, 3.05) is 31.4 Å². The summed E-state index contributed by atoms with van der Waals surface area (Å²) in [5.41, 5.74) is 0.999. The first-order chi connectivity index (χ1) is 19.4. The maximum atomic E-state index is 15.7. The molecule has 1 heterocycles. The molecule has 0 bridgehead atoms. The lowest BCUT2D eigenvalue weighted by Gasteiger charge is -2.35. The minimum absolute atomic E-state index is 0.0168. The van der Waals surface area contributed by atoms with E-state index >= 15 is 4.39 Å². The first kappa shape index (κ1) is 31.6.